The second-order valence-electron chi connectivity index (χ2n) is 7.80. The lowest BCUT2D eigenvalue weighted by Crippen LogP contribution is -2.41. The fraction of sp³-hybridized carbons (Fsp3) is 0.273. The highest BCUT2D eigenvalue weighted by atomic mass is 19.1. The molecule has 2 aliphatic rings. The first kappa shape index (κ1) is 18.5. The van der Waals surface area contributed by atoms with Crippen LogP contribution >= 0.6 is 0 Å². The minimum atomic E-state index is -1.14. The first-order valence-electron chi connectivity index (χ1n) is 9.79. The number of nitrogens with one attached hydrogen (secondary N) is 1. The zero-order chi connectivity index (χ0) is 20.9. The van der Waals surface area contributed by atoms with Gasteiger partial charge in [-0.2, -0.15) is 4.98 Å². The lowest BCUT2D eigenvalue weighted by atomic mass is 9.90. The minimum Gasteiger partial charge on any atom is -0.337 e. The van der Waals surface area contributed by atoms with E-state index in [1.807, 2.05) is 18.2 Å². The van der Waals surface area contributed by atoms with Gasteiger partial charge in [-0.25, -0.2) is 9.18 Å². The molecule has 1 atom stereocenters. The molecule has 2 aromatic carbocycles. The van der Waals surface area contributed by atoms with Crippen LogP contribution in [0.4, 0.5) is 9.18 Å². The van der Waals surface area contributed by atoms with Gasteiger partial charge in [0.25, 0.3) is 5.91 Å². The number of rotatable bonds is 4. The van der Waals surface area contributed by atoms with Gasteiger partial charge in [0.05, 0.1) is 0 Å². The van der Waals surface area contributed by atoms with Crippen LogP contribution in [-0.4, -0.2) is 27.0 Å². The third-order valence-corrected chi connectivity index (χ3v) is 5.81. The van der Waals surface area contributed by atoms with Crippen molar-refractivity contribution in [3.63, 3.8) is 0 Å². The topological polar surface area (TPSA) is 88.3 Å². The van der Waals surface area contributed by atoms with Crippen molar-refractivity contribution in [1.82, 2.24) is 20.4 Å². The van der Waals surface area contributed by atoms with E-state index in [-0.39, 0.29) is 30.0 Å². The highest BCUT2D eigenvalue weighted by molar-refractivity contribution is 6.07. The van der Waals surface area contributed by atoms with Gasteiger partial charge in [0.2, 0.25) is 11.7 Å². The second kappa shape index (κ2) is 6.76. The molecule has 0 bridgehead atoms. The van der Waals surface area contributed by atoms with Crippen molar-refractivity contribution < 1.29 is 18.5 Å². The predicted octanol–water partition coefficient (Wildman–Crippen LogP) is 3.33. The lowest BCUT2D eigenvalue weighted by Gasteiger charge is -2.22. The predicted molar refractivity (Wildman–Crippen MR) is 105 cm³/mol. The van der Waals surface area contributed by atoms with E-state index < -0.39 is 11.6 Å². The number of aromatic nitrogens is 2. The van der Waals surface area contributed by atoms with Crippen LogP contribution in [0.3, 0.4) is 0 Å². The molecule has 5 rings (SSSR count). The van der Waals surface area contributed by atoms with Crippen molar-refractivity contribution in [2.75, 3.05) is 0 Å². The Labute approximate surface area is 171 Å². The Hall–Kier alpha value is -3.55. The van der Waals surface area contributed by atoms with Crippen molar-refractivity contribution >= 4 is 11.9 Å². The van der Waals surface area contributed by atoms with Gasteiger partial charge in [0.15, 0.2) is 0 Å². The molecule has 0 spiro atoms. The Balaban J connectivity index is 1.38. The number of carbonyl (C=O) groups is 2. The summed E-state index contributed by atoms with van der Waals surface area (Å²) in [4.78, 5) is 31.1. The largest absolute Gasteiger partial charge is 0.337 e. The Morgan fingerprint density at radius 1 is 1.13 bits per heavy atom. The molecule has 1 N–H and O–H groups in total. The van der Waals surface area contributed by atoms with Gasteiger partial charge in [0.1, 0.15) is 17.9 Å². The molecular formula is C22H19FN4O3. The van der Waals surface area contributed by atoms with Crippen molar-refractivity contribution in [3.8, 4) is 11.4 Å². The Bertz CT molecular complexity index is 1160. The number of halogens is 1. The third kappa shape index (κ3) is 2.96. The number of hydrogen-bond donors (Lipinski definition) is 1. The lowest BCUT2D eigenvalue weighted by molar-refractivity contribution is -0.131. The average Bonchev–Trinajstić information content (AvgIpc) is 3.44. The molecule has 30 heavy (non-hydrogen) atoms. The van der Waals surface area contributed by atoms with E-state index in [1.54, 1.807) is 6.92 Å². The molecule has 1 saturated heterocycles. The number of amides is 3. The molecule has 152 valence electrons. The number of hydrogen-bond acceptors (Lipinski definition) is 5. The maximum Gasteiger partial charge on any atom is 0.325 e. The van der Waals surface area contributed by atoms with Gasteiger partial charge < -0.3 is 9.84 Å². The van der Waals surface area contributed by atoms with Gasteiger partial charge >= 0.3 is 6.03 Å². The maximum absolute atomic E-state index is 13.2. The molecular weight excluding hydrogens is 387 g/mol. The fourth-order valence-corrected chi connectivity index (χ4v) is 4.09. The van der Waals surface area contributed by atoms with Crippen molar-refractivity contribution in [2.45, 2.75) is 38.3 Å². The van der Waals surface area contributed by atoms with E-state index in [1.165, 1.54) is 35.4 Å². The molecule has 1 aliphatic heterocycles. The summed E-state index contributed by atoms with van der Waals surface area (Å²) in [6.07, 6.45) is 3.14. The Morgan fingerprint density at radius 3 is 2.70 bits per heavy atom. The summed E-state index contributed by atoms with van der Waals surface area (Å²) in [5.41, 5.74) is 2.73. The summed E-state index contributed by atoms with van der Waals surface area (Å²) in [5, 5.41) is 6.67. The smallest absolute Gasteiger partial charge is 0.325 e. The molecule has 3 amide bonds. The SMILES string of the molecule is CC1(c2ccc3c(c2)CCC3)NC(=O)N(Cc2nc(-c3ccc(F)cc3)no2)C1=O. The third-order valence-electron chi connectivity index (χ3n) is 5.81. The van der Waals surface area contributed by atoms with Gasteiger partial charge in [-0.05, 0) is 67.1 Å². The van der Waals surface area contributed by atoms with Crippen LogP contribution in [0.1, 0.15) is 35.9 Å². The summed E-state index contributed by atoms with van der Waals surface area (Å²) in [6.45, 7) is 1.57. The number of nitrogens with zero attached hydrogens (tertiary/aromatic N) is 3. The molecule has 8 heteroatoms. The first-order chi connectivity index (χ1) is 14.4. The number of benzene rings is 2. The van der Waals surface area contributed by atoms with Gasteiger partial charge in [-0.15, -0.1) is 0 Å². The summed E-state index contributed by atoms with van der Waals surface area (Å²) >= 11 is 0. The summed E-state index contributed by atoms with van der Waals surface area (Å²) in [7, 11) is 0. The van der Waals surface area contributed by atoms with E-state index in [0.29, 0.717) is 5.56 Å². The number of carbonyl (C=O) groups excluding carboxylic acids is 2. The van der Waals surface area contributed by atoms with E-state index in [0.717, 1.165) is 29.7 Å². The Kier molecular flexibility index (Phi) is 4.16. The molecule has 1 unspecified atom stereocenters. The van der Waals surface area contributed by atoms with E-state index in [2.05, 4.69) is 15.5 Å². The molecule has 2 heterocycles. The molecule has 1 aliphatic carbocycles. The fourth-order valence-electron chi connectivity index (χ4n) is 4.09. The summed E-state index contributed by atoms with van der Waals surface area (Å²) in [6, 6.07) is 11.1. The van der Waals surface area contributed by atoms with Crippen LogP contribution in [0.15, 0.2) is 47.0 Å². The average molecular weight is 406 g/mol. The number of fused-ring (bicyclic) bond motifs is 1. The number of imide groups is 1. The van der Waals surface area contributed by atoms with Crippen molar-refractivity contribution in [2.24, 2.45) is 0 Å². The molecule has 7 nitrogen and oxygen atoms in total. The maximum atomic E-state index is 13.2. The highest BCUT2D eigenvalue weighted by Crippen LogP contribution is 2.33. The molecule has 1 aromatic heterocycles. The Morgan fingerprint density at radius 2 is 1.90 bits per heavy atom. The van der Waals surface area contributed by atoms with Gasteiger partial charge in [0, 0.05) is 5.56 Å². The minimum absolute atomic E-state index is 0.121. The van der Waals surface area contributed by atoms with Gasteiger partial charge in [-0.3, -0.25) is 9.69 Å². The highest BCUT2D eigenvalue weighted by Gasteiger charge is 2.49. The number of urea groups is 1. The zero-order valence-corrected chi connectivity index (χ0v) is 16.3. The van der Waals surface area contributed by atoms with Crippen LogP contribution in [0, 0.1) is 5.82 Å². The standard InChI is InChI=1S/C22H19FN4O3/c1-22(16-8-5-13-3-2-4-15(13)11-16)20(28)27(21(29)25-22)12-18-24-19(26-30-18)14-6-9-17(23)10-7-14/h5-11H,2-4,12H2,1H3,(H,25,29). The first-order valence-corrected chi connectivity index (χ1v) is 9.79. The normalized spacial score (nSPS) is 20.5. The second-order valence-corrected chi connectivity index (χ2v) is 7.80. The molecule has 0 radical (unpaired) electrons. The monoisotopic (exact) mass is 406 g/mol. The van der Waals surface area contributed by atoms with Gasteiger partial charge in [-0.1, -0.05) is 23.4 Å². The quantitative estimate of drug-likeness (QED) is 0.672. The number of aryl methyl sites for hydroxylation is 2. The zero-order valence-electron chi connectivity index (χ0n) is 16.3. The molecule has 0 saturated carbocycles. The summed E-state index contributed by atoms with van der Waals surface area (Å²) < 4.78 is 18.3. The van der Waals surface area contributed by atoms with Crippen molar-refractivity contribution in [1.29, 1.82) is 0 Å². The molecule has 1 fully saturated rings. The van der Waals surface area contributed by atoms with Crippen molar-refractivity contribution in [3.05, 3.63) is 70.9 Å². The van der Waals surface area contributed by atoms with E-state index in [9.17, 15) is 14.0 Å². The van der Waals surface area contributed by atoms with Crippen LogP contribution < -0.4 is 5.32 Å². The van der Waals surface area contributed by atoms with Crippen LogP contribution in [0.5, 0.6) is 0 Å². The van der Waals surface area contributed by atoms with Crippen LogP contribution in [0.25, 0.3) is 11.4 Å². The van der Waals surface area contributed by atoms with Crippen LogP contribution in [0.2, 0.25) is 0 Å². The van der Waals surface area contributed by atoms with E-state index in [4.69, 9.17) is 4.52 Å². The summed E-state index contributed by atoms with van der Waals surface area (Å²) in [5.74, 6) is -0.353. The molecule has 3 aromatic rings. The van der Waals surface area contributed by atoms with Crippen LogP contribution in [-0.2, 0) is 29.7 Å². The van der Waals surface area contributed by atoms with E-state index >= 15 is 0 Å².